The highest BCUT2D eigenvalue weighted by molar-refractivity contribution is 6.76. The van der Waals surface area contributed by atoms with Gasteiger partial charge in [-0.2, -0.15) is 5.26 Å². The number of ketones is 1. The average molecular weight is 688 g/mol. The second kappa shape index (κ2) is 14.9. The first-order valence-electron chi connectivity index (χ1n) is 16.6. The number of hydrogen-bond donors (Lipinski definition) is 1. The van der Waals surface area contributed by atoms with Gasteiger partial charge in [-0.05, 0) is 50.6 Å². The zero-order valence-corrected chi connectivity index (χ0v) is 31.2. The van der Waals surface area contributed by atoms with Crippen LogP contribution in [0.25, 0.3) is 17.2 Å². The van der Waals surface area contributed by atoms with Crippen molar-refractivity contribution in [2.45, 2.75) is 79.6 Å². The lowest BCUT2D eigenvalue weighted by Crippen LogP contribution is -2.51. The Morgan fingerprint density at radius 3 is 2.20 bits per heavy atom. The predicted molar refractivity (Wildman–Crippen MR) is 193 cm³/mol. The van der Waals surface area contributed by atoms with Gasteiger partial charge < -0.3 is 29.2 Å². The summed E-state index contributed by atoms with van der Waals surface area (Å²) in [7, 11) is -1.24. The van der Waals surface area contributed by atoms with Crippen molar-refractivity contribution in [2.24, 2.45) is 5.41 Å². The quantitative estimate of drug-likeness (QED) is 0.0810. The lowest BCUT2D eigenvalue weighted by molar-refractivity contribution is -0.128. The molecule has 12 nitrogen and oxygen atoms in total. The molecule has 1 N–H and O–H groups in total. The van der Waals surface area contributed by atoms with Gasteiger partial charge in [0.25, 0.3) is 5.91 Å². The number of hydrogen-bond acceptors (Lipinski definition) is 9. The van der Waals surface area contributed by atoms with Crippen LogP contribution >= 0.6 is 0 Å². The van der Waals surface area contributed by atoms with Gasteiger partial charge in [-0.15, -0.1) is 0 Å². The average Bonchev–Trinajstić information content (AvgIpc) is 3.37. The number of carbonyl (C=O) groups is 3. The van der Waals surface area contributed by atoms with Crippen LogP contribution in [0.15, 0.2) is 42.2 Å². The summed E-state index contributed by atoms with van der Waals surface area (Å²) in [5.74, 6) is 0.0504. The second-order valence-corrected chi connectivity index (χ2v) is 21.2. The summed E-state index contributed by atoms with van der Waals surface area (Å²) in [6.45, 7) is 20.2. The van der Waals surface area contributed by atoms with E-state index in [4.69, 9.17) is 14.5 Å². The van der Waals surface area contributed by atoms with E-state index in [1.807, 2.05) is 64.3 Å². The Bertz CT molecular complexity index is 1750. The molecule has 1 aromatic carbocycles. The van der Waals surface area contributed by atoms with Crippen molar-refractivity contribution in [1.82, 2.24) is 24.3 Å². The Morgan fingerprint density at radius 2 is 1.63 bits per heavy atom. The molecule has 0 radical (unpaired) electrons. The maximum atomic E-state index is 13.4. The number of carbonyl (C=O) groups excluding carboxylic acids is 3. The predicted octanol–water partition coefficient (Wildman–Crippen LogP) is 6.70. The molecule has 1 aliphatic heterocycles. The fourth-order valence-electron chi connectivity index (χ4n) is 5.03. The highest BCUT2D eigenvalue weighted by Gasteiger charge is 2.30. The lowest BCUT2D eigenvalue weighted by Gasteiger charge is -2.35. The van der Waals surface area contributed by atoms with E-state index >= 15 is 0 Å². The van der Waals surface area contributed by atoms with Crippen molar-refractivity contribution in [3.63, 3.8) is 0 Å². The van der Waals surface area contributed by atoms with Gasteiger partial charge in [0.2, 0.25) is 0 Å². The van der Waals surface area contributed by atoms with Gasteiger partial charge in [-0.3, -0.25) is 9.59 Å². The third-order valence-corrected chi connectivity index (χ3v) is 9.49. The lowest BCUT2D eigenvalue weighted by atomic mass is 9.87. The van der Waals surface area contributed by atoms with Crippen LogP contribution in [0.3, 0.4) is 0 Å². The Morgan fingerprint density at radius 1 is 1.00 bits per heavy atom. The number of rotatable bonds is 10. The van der Waals surface area contributed by atoms with Gasteiger partial charge in [0.1, 0.15) is 35.3 Å². The molecule has 4 rings (SSSR count). The molecule has 13 heteroatoms. The van der Waals surface area contributed by atoms with Gasteiger partial charge >= 0.3 is 6.09 Å². The van der Waals surface area contributed by atoms with E-state index in [0.717, 1.165) is 6.04 Å². The van der Waals surface area contributed by atoms with E-state index in [1.54, 1.807) is 40.4 Å². The topological polar surface area (TPSA) is 143 Å². The van der Waals surface area contributed by atoms with Crippen molar-refractivity contribution in [1.29, 1.82) is 5.26 Å². The largest absolute Gasteiger partial charge is 0.444 e. The van der Waals surface area contributed by atoms with E-state index in [9.17, 15) is 19.6 Å². The maximum absolute atomic E-state index is 13.4. The molecule has 2 aromatic heterocycles. The van der Waals surface area contributed by atoms with Crippen molar-refractivity contribution in [2.75, 3.05) is 38.1 Å². The number of nitrogens with zero attached hydrogens (tertiary/aromatic N) is 6. The van der Waals surface area contributed by atoms with E-state index in [2.05, 4.69) is 29.9 Å². The molecule has 0 atom stereocenters. The molecule has 0 bridgehead atoms. The number of fused-ring (bicyclic) bond motifs is 1. The van der Waals surface area contributed by atoms with Crippen molar-refractivity contribution < 1.29 is 23.9 Å². The summed E-state index contributed by atoms with van der Waals surface area (Å²) in [6.07, 6.45) is 4.55. The fourth-order valence-corrected chi connectivity index (χ4v) is 5.79. The molecule has 1 saturated heterocycles. The van der Waals surface area contributed by atoms with Crippen LogP contribution in [-0.2, 0) is 21.0 Å². The molecule has 1 fully saturated rings. The minimum atomic E-state index is -1.24. The molecule has 0 saturated carbocycles. The number of Topliss-reactive ketones (excluding diaryl/α,β-unsaturated/α-hetero) is 1. The van der Waals surface area contributed by atoms with Crippen LogP contribution in [-0.4, -0.2) is 88.6 Å². The van der Waals surface area contributed by atoms with E-state index in [1.165, 1.54) is 0 Å². The van der Waals surface area contributed by atoms with Crippen LogP contribution in [0, 0.1) is 16.7 Å². The molecule has 3 aromatic rings. The van der Waals surface area contributed by atoms with E-state index in [0.29, 0.717) is 66.6 Å². The Balaban J connectivity index is 1.45. The standard InChI is InChI=1S/C36H49N7O5Si/c1-35(2,3)31(44)28-23-43(24-47-18-19-49(7,8)9)32-30(28)40-29(22-38-32)39-27-12-10-25(11-13-27)20-26(21-37)33(45)41-14-16-42(17-15-41)34(46)48-36(4,5)6/h10-13,20,22-23H,14-19,24H2,1-9H3,(H,39,40)/b26-20+. The first kappa shape index (κ1) is 37.3. The van der Waals surface area contributed by atoms with Gasteiger partial charge in [-0.1, -0.05) is 52.5 Å². The second-order valence-electron chi connectivity index (χ2n) is 15.5. The summed E-state index contributed by atoms with van der Waals surface area (Å²) in [5, 5.41) is 13.0. The Labute approximate surface area is 290 Å². The normalized spacial score (nSPS) is 14.5. The molecule has 262 valence electrons. The number of ether oxygens (including phenoxy) is 2. The van der Waals surface area contributed by atoms with Crippen LogP contribution in [0.5, 0.6) is 0 Å². The zero-order valence-electron chi connectivity index (χ0n) is 30.2. The third kappa shape index (κ3) is 10.2. The van der Waals surface area contributed by atoms with E-state index < -0.39 is 25.2 Å². The molecule has 0 unspecified atom stereocenters. The first-order valence-corrected chi connectivity index (χ1v) is 20.3. The fraction of sp³-hybridized carbons (Fsp3) is 0.500. The molecule has 49 heavy (non-hydrogen) atoms. The highest BCUT2D eigenvalue weighted by atomic mass is 28.3. The highest BCUT2D eigenvalue weighted by Crippen LogP contribution is 2.28. The number of amides is 2. The van der Waals surface area contributed by atoms with Gasteiger partial charge in [0.15, 0.2) is 11.4 Å². The molecule has 2 amide bonds. The zero-order chi connectivity index (χ0) is 36.1. The van der Waals surface area contributed by atoms with Crippen LogP contribution in [0.1, 0.15) is 57.5 Å². The van der Waals surface area contributed by atoms with Gasteiger partial charge in [-0.25, -0.2) is 14.8 Å². The Hall–Kier alpha value is -4.54. The summed E-state index contributed by atoms with van der Waals surface area (Å²) >= 11 is 0. The van der Waals surface area contributed by atoms with Gasteiger partial charge in [0, 0.05) is 58.2 Å². The summed E-state index contributed by atoms with van der Waals surface area (Å²) in [4.78, 5) is 51.5. The third-order valence-electron chi connectivity index (χ3n) is 7.78. The van der Waals surface area contributed by atoms with Crippen LogP contribution < -0.4 is 5.32 Å². The van der Waals surface area contributed by atoms with Crippen LogP contribution in [0.2, 0.25) is 25.7 Å². The molecule has 0 aliphatic carbocycles. The molecular weight excluding hydrogens is 639 g/mol. The first-order chi connectivity index (χ1) is 22.8. The molecule has 3 heterocycles. The summed E-state index contributed by atoms with van der Waals surface area (Å²) < 4.78 is 13.2. The molecule has 0 spiro atoms. The number of aromatic nitrogens is 3. The van der Waals surface area contributed by atoms with Crippen molar-refractivity contribution in [3.05, 3.63) is 53.4 Å². The van der Waals surface area contributed by atoms with Crippen LogP contribution in [0.4, 0.5) is 16.3 Å². The summed E-state index contributed by atoms with van der Waals surface area (Å²) in [5.41, 5.74) is 1.76. The van der Waals surface area contributed by atoms with E-state index in [-0.39, 0.29) is 24.0 Å². The number of piperazine rings is 1. The SMILES string of the molecule is CC(C)(C)OC(=O)N1CCN(C(=O)/C(C#N)=C/c2ccc(Nc3cnc4c(n3)c(C(=O)C(C)(C)C)cn4COCC[Si](C)(C)C)cc2)CC1. The summed E-state index contributed by atoms with van der Waals surface area (Å²) in [6, 6.07) is 10.3. The van der Waals surface area contributed by atoms with Crippen molar-refractivity contribution >= 4 is 54.6 Å². The molecular formula is C36H49N7O5Si. The number of benzene rings is 1. The minimum absolute atomic E-state index is 0.00719. The van der Waals surface area contributed by atoms with Gasteiger partial charge in [0.05, 0.1) is 11.8 Å². The number of anilines is 2. The van der Waals surface area contributed by atoms with Crippen molar-refractivity contribution in [3.8, 4) is 6.07 Å². The maximum Gasteiger partial charge on any atom is 0.410 e. The minimum Gasteiger partial charge on any atom is -0.444 e. The number of nitrogens with one attached hydrogen (secondary N) is 1. The Kier molecular flexibility index (Phi) is 11.4. The molecule has 1 aliphatic rings. The smallest absolute Gasteiger partial charge is 0.410 e. The number of nitriles is 1. The monoisotopic (exact) mass is 687 g/mol.